The molecule has 1 aromatic rings. The lowest BCUT2D eigenvalue weighted by molar-refractivity contribution is 0.0999. The first kappa shape index (κ1) is 9.95. The fourth-order valence-corrected chi connectivity index (χ4v) is 1.17. The molecule has 0 aliphatic carbocycles. The molecule has 1 atom stereocenters. The summed E-state index contributed by atoms with van der Waals surface area (Å²) < 4.78 is 0. The highest BCUT2D eigenvalue weighted by atomic mass is 35.5. The average molecular weight is 200 g/mol. The summed E-state index contributed by atoms with van der Waals surface area (Å²) in [5.41, 5.74) is 11.7. The van der Waals surface area contributed by atoms with E-state index < -0.39 is 5.91 Å². The topological polar surface area (TPSA) is 82.0 Å². The fraction of sp³-hybridized carbons (Fsp3) is 0.250. The van der Waals surface area contributed by atoms with Crippen LogP contribution in [0.1, 0.15) is 28.9 Å². The summed E-state index contributed by atoms with van der Waals surface area (Å²) in [6, 6.07) is 1.13. The number of nitrogens with two attached hydrogens (primary N) is 2. The lowest BCUT2D eigenvalue weighted by Gasteiger charge is -2.09. The minimum Gasteiger partial charge on any atom is -0.366 e. The molecule has 13 heavy (non-hydrogen) atoms. The Morgan fingerprint density at radius 2 is 2.31 bits per heavy atom. The van der Waals surface area contributed by atoms with Crippen LogP contribution < -0.4 is 11.5 Å². The third-order valence-corrected chi connectivity index (χ3v) is 1.86. The largest absolute Gasteiger partial charge is 0.366 e. The van der Waals surface area contributed by atoms with Crippen LogP contribution in [-0.2, 0) is 0 Å². The monoisotopic (exact) mass is 199 g/mol. The number of rotatable bonds is 2. The van der Waals surface area contributed by atoms with Crippen LogP contribution in [0.5, 0.6) is 0 Å². The molecule has 4 N–H and O–H groups in total. The molecule has 0 fully saturated rings. The number of nitrogens with zero attached hydrogens (tertiary/aromatic N) is 1. The van der Waals surface area contributed by atoms with E-state index in [1.807, 2.05) is 0 Å². The molecule has 0 bridgehead atoms. The van der Waals surface area contributed by atoms with Crippen LogP contribution in [0.4, 0.5) is 0 Å². The lowest BCUT2D eigenvalue weighted by atomic mass is 10.0. The molecular formula is C8H10ClN3O. The number of aromatic nitrogens is 1. The molecule has 1 rings (SSSR count). The molecule has 4 nitrogen and oxygen atoms in total. The van der Waals surface area contributed by atoms with Crippen molar-refractivity contribution in [3.63, 3.8) is 0 Å². The van der Waals surface area contributed by atoms with Gasteiger partial charge in [0.05, 0.1) is 0 Å². The van der Waals surface area contributed by atoms with Gasteiger partial charge in [-0.25, -0.2) is 4.98 Å². The minimum atomic E-state index is -0.545. The molecule has 5 heteroatoms. The van der Waals surface area contributed by atoms with Crippen LogP contribution in [0.15, 0.2) is 12.3 Å². The normalized spacial score (nSPS) is 12.5. The van der Waals surface area contributed by atoms with E-state index in [4.69, 9.17) is 23.1 Å². The van der Waals surface area contributed by atoms with Crippen molar-refractivity contribution in [3.8, 4) is 0 Å². The molecule has 70 valence electrons. The van der Waals surface area contributed by atoms with E-state index in [9.17, 15) is 4.79 Å². The van der Waals surface area contributed by atoms with E-state index in [0.717, 1.165) is 0 Å². The van der Waals surface area contributed by atoms with Gasteiger partial charge in [0.2, 0.25) is 5.91 Å². The first-order chi connectivity index (χ1) is 6.02. The fourth-order valence-electron chi connectivity index (χ4n) is 1.02. The Bertz CT molecular complexity index is 338. The van der Waals surface area contributed by atoms with Crippen LogP contribution in [0.25, 0.3) is 0 Å². The molecule has 0 radical (unpaired) electrons. The lowest BCUT2D eigenvalue weighted by Crippen LogP contribution is -2.18. The van der Waals surface area contributed by atoms with E-state index in [0.29, 0.717) is 11.1 Å². The maximum Gasteiger partial charge on any atom is 0.249 e. The molecule has 0 unspecified atom stereocenters. The van der Waals surface area contributed by atoms with Gasteiger partial charge in [-0.05, 0) is 18.6 Å². The van der Waals surface area contributed by atoms with Gasteiger partial charge in [-0.15, -0.1) is 0 Å². The van der Waals surface area contributed by atoms with Gasteiger partial charge < -0.3 is 11.5 Å². The van der Waals surface area contributed by atoms with Crippen molar-refractivity contribution >= 4 is 17.5 Å². The van der Waals surface area contributed by atoms with Crippen molar-refractivity contribution in [1.82, 2.24) is 4.98 Å². The van der Waals surface area contributed by atoms with Gasteiger partial charge in [0.25, 0.3) is 0 Å². The zero-order chi connectivity index (χ0) is 10.0. The van der Waals surface area contributed by atoms with Crippen LogP contribution in [0.3, 0.4) is 0 Å². The molecule has 1 amide bonds. The number of halogens is 1. The summed E-state index contributed by atoms with van der Waals surface area (Å²) in [5.74, 6) is -0.545. The molecule has 1 aromatic heterocycles. The van der Waals surface area contributed by atoms with E-state index in [2.05, 4.69) is 4.98 Å². The van der Waals surface area contributed by atoms with Crippen LogP contribution >= 0.6 is 11.6 Å². The Balaban J connectivity index is 3.27. The molecule has 0 spiro atoms. The van der Waals surface area contributed by atoms with Crippen molar-refractivity contribution in [3.05, 3.63) is 28.5 Å². The molecule has 1 heterocycles. The number of pyridine rings is 1. The predicted octanol–water partition coefficient (Wildman–Crippen LogP) is 0.854. The summed E-state index contributed by atoms with van der Waals surface area (Å²) >= 11 is 5.61. The molecular weight excluding hydrogens is 190 g/mol. The Labute approximate surface area is 80.9 Å². The summed E-state index contributed by atoms with van der Waals surface area (Å²) in [4.78, 5) is 14.8. The second-order valence-electron chi connectivity index (χ2n) is 2.75. The van der Waals surface area contributed by atoms with Gasteiger partial charge in [0.15, 0.2) is 0 Å². The second-order valence-corrected chi connectivity index (χ2v) is 3.13. The van der Waals surface area contributed by atoms with E-state index in [1.54, 1.807) is 6.92 Å². The number of hydrogen-bond donors (Lipinski definition) is 2. The smallest absolute Gasteiger partial charge is 0.249 e. The van der Waals surface area contributed by atoms with E-state index in [1.165, 1.54) is 12.3 Å². The maximum absolute atomic E-state index is 11.0. The molecule has 0 aliphatic rings. The predicted molar refractivity (Wildman–Crippen MR) is 50.4 cm³/mol. The maximum atomic E-state index is 11.0. The minimum absolute atomic E-state index is 0.234. The first-order valence-corrected chi connectivity index (χ1v) is 4.11. The third-order valence-electron chi connectivity index (χ3n) is 1.66. The Hall–Kier alpha value is -1.13. The molecule has 0 aromatic carbocycles. The van der Waals surface area contributed by atoms with Crippen molar-refractivity contribution < 1.29 is 4.79 Å². The zero-order valence-corrected chi connectivity index (χ0v) is 7.88. The highest BCUT2D eigenvalue weighted by Gasteiger charge is 2.12. The van der Waals surface area contributed by atoms with Crippen molar-refractivity contribution in [2.24, 2.45) is 11.5 Å². The molecule has 0 aliphatic heterocycles. The van der Waals surface area contributed by atoms with Crippen LogP contribution in [0.2, 0.25) is 5.15 Å². The average Bonchev–Trinajstić information content (AvgIpc) is 2.03. The number of primary amides is 1. The van der Waals surface area contributed by atoms with Gasteiger partial charge in [-0.2, -0.15) is 0 Å². The Morgan fingerprint density at radius 3 is 2.77 bits per heavy atom. The second kappa shape index (κ2) is 3.72. The van der Waals surface area contributed by atoms with Crippen LogP contribution in [-0.4, -0.2) is 10.9 Å². The number of hydrogen-bond acceptors (Lipinski definition) is 3. The van der Waals surface area contributed by atoms with Gasteiger partial charge >= 0.3 is 0 Å². The van der Waals surface area contributed by atoms with Gasteiger partial charge in [0, 0.05) is 17.8 Å². The van der Waals surface area contributed by atoms with Crippen molar-refractivity contribution in [2.75, 3.05) is 0 Å². The first-order valence-electron chi connectivity index (χ1n) is 3.73. The SMILES string of the molecule is C[C@@H](N)c1cnc(Cl)cc1C(N)=O. The number of carbonyl (C=O) groups excluding carboxylic acids is 1. The highest BCUT2D eigenvalue weighted by molar-refractivity contribution is 6.29. The van der Waals surface area contributed by atoms with E-state index in [-0.39, 0.29) is 11.2 Å². The van der Waals surface area contributed by atoms with Gasteiger partial charge in [-0.1, -0.05) is 11.6 Å². The standard InChI is InChI=1S/C8H10ClN3O/c1-4(10)6-3-12-7(9)2-5(6)8(11)13/h2-4H,10H2,1H3,(H2,11,13)/t4-/m1/s1. The zero-order valence-electron chi connectivity index (χ0n) is 7.12. The molecule has 0 saturated heterocycles. The quantitative estimate of drug-likeness (QED) is 0.693. The van der Waals surface area contributed by atoms with Gasteiger partial charge in [0.1, 0.15) is 5.15 Å². The van der Waals surface area contributed by atoms with Crippen molar-refractivity contribution in [2.45, 2.75) is 13.0 Å². The summed E-state index contributed by atoms with van der Waals surface area (Å²) in [5, 5.41) is 0.234. The van der Waals surface area contributed by atoms with E-state index >= 15 is 0 Å². The third kappa shape index (κ3) is 2.17. The number of carbonyl (C=O) groups is 1. The summed E-state index contributed by atoms with van der Waals surface area (Å²) in [6.45, 7) is 1.75. The van der Waals surface area contributed by atoms with Crippen LogP contribution in [0, 0.1) is 0 Å². The van der Waals surface area contributed by atoms with Crippen molar-refractivity contribution in [1.29, 1.82) is 0 Å². The Kier molecular flexibility index (Phi) is 2.85. The Morgan fingerprint density at radius 1 is 1.69 bits per heavy atom. The number of amides is 1. The highest BCUT2D eigenvalue weighted by Crippen LogP contribution is 2.17. The summed E-state index contributed by atoms with van der Waals surface area (Å²) in [6.07, 6.45) is 1.47. The summed E-state index contributed by atoms with van der Waals surface area (Å²) in [7, 11) is 0. The van der Waals surface area contributed by atoms with Gasteiger partial charge in [-0.3, -0.25) is 4.79 Å². The molecule has 0 saturated carbocycles.